The summed E-state index contributed by atoms with van der Waals surface area (Å²) in [5, 5.41) is 3.50. The molecule has 2 atom stereocenters. The summed E-state index contributed by atoms with van der Waals surface area (Å²) in [7, 11) is 0. The Morgan fingerprint density at radius 3 is 2.96 bits per heavy atom. The van der Waals surface area contributed by atoms with Crippen LogP contribution in [0.15, 0.2) is 35.1 Å². The molecule has 1 saturated heterocycles. The van der Waals surface area contributed by atoms with Gasteiger partial charge in [0.15, 0.2) is 5.82 Å². The number of nitrogens with zero attached hydrogens (tertiary/aromatic N) is 3. The number of carbonyl (C=O) groups is 1. The standard InChI is InChI=1S/C20H28BrN5O/c1-4-25(20-18(24-14(2)3)6-5-8-22-20)16-7-9-26(17(11-16)13-27)19-10-15(21)12-23-19/h5-6,8,10,12-14,16-17,23-24H,4,7,9,11H2,1-3H3. The van der Waals surface area contributed by atoms with Crippen LogP contribution in [0.25, 0.3) is 0 Å². The van der Waals surface area contributed by atoms with Crippen molar-refractivity contribution in [1.82, 2.24) is 9.97 Å². The Kier molecular flexibility index (Phi) is 6.42. The molecule has 1 fully saturated rings. The summed E-state index contributed by atoms with van der Waals surface area (Å²) < 4.78 is 0.998. The van der Waals surface area contributed by atoms with Crippen LogP contribution in [0.3, 0.4) is 0 Å². The number of pyridine rings is 1. The first kappa shape index (κ1) is 19.7. The zero-order chi connectivity index (χ0) is 19.4. The molecule has 2 aromatic rings. The van der Waals surface area contributed by atoms with Crippen molar-refractivity contribution in [3.63, 3.8) is 0 Å². The van der Waals surface area contributed by atoms with E-state index in [1.807, 2.05) is 24.5 Å². The van der Waals surface area contributed by atoms with Gasteiger partial charge in [-0.25, -0.2) is 4.98 Å². The molecule has 146 valence electrons. The molecule has 0 amide bonds. The van der Waals surface area contributed by atoms with Crippen molar-refractivity contribution in [2.45, 2.75) is 51.7 Å². The number of halogens is 1. The number of hydrogen-bond donors (Lipinski definition) is 2. The van der Waals surface area contributed by atoms with Crippen LogP contribution in [0.5, 0.6) is 0 Å². The van der Waals surface area contributed by atoms with E-state index in [4.69, 9.17) is 0 Å². The molecule has 7 heteroatoms. The Bertz CT molecular complexity index is 762. The van der Waals surface area contributed by atoms with Crippen molar-refractivity contribution < 1.29 is 4.79 Å². The van der Waals surface area contributed by atoms with Crippen molar-refractivity contribution in [3.05, 3.63) is 35.1 Å². The molecule has 3 heterocycles. The van der Waals surface area contributed by atoms with E-state index in [0.29, 0.717) is 6.04 Å². The zero-order valence-electron chi connectivity index (χ0n) is 16.2. The van der Waals surface area contributed by atoms with E-state index in [9.17, 15) is 4.79 Å². The highest BCUT2D eigenvalue weighted by Crippen LogP contribution is 2.32. The van der Waals surface area contributed by atoms with Crippen LogP contribution < -0.4 is 15.1 Å². The van der Waals surface area contributed by atoms with Gasteiger partial charge in [-0.2, -0.15) is 0 Å². The Balaban J connectivity index is 1.81. The van der Waals surface area contributed by atoms with E-state index < -0.39 is 0 Å². The van der Waals surface area contributed by atoms with Crippen molar-refractivity contribution in [2.24, 2.45) is 0 Å². The van der Waals surface area contributed by atoms with Gasteiger partial charge in [-0.15, -0.1) is 0 Å². The first-order valence-corrected chi connectivity index (χ1v) is 10.4. The number of hydrogen-bond acceptors (Lipinski definition) is 5. The number of rotatable bonds is 7. The molecule has 0 bridgehead atoms. The number of H-pyrrole nitrogens is 1. The van der Waals surface area contributed by atoms with Crippen LogP contribution in [-0.2, 0) is 4.79 Å². The number of carbonyl (C=O) groups excluding carboxylic acids is 1. The molecule has 27 heavy (non-hydrogen) atoms. The lowest BCUT2D eigenvalue weighted by molar-refractivity contribution is -0.109. The molecule has 6 nitrogen and oxygen atoms in total. The fraction of sp³-hybridized carbons (Fsp3) is 0.500. The van der Waals surface area contributed by atoms with Gasteiger partial charge in [0.1, 0.15) is 12.1 Å². The lowest BCUT2D eigenvalue weighted by atomic mass is 9.96. The van der Waals surface area contributed by atoms with Gasteiger partial charge in [0.2, 0.25) is 0 Å². The summed E-state index contributed by atoms with van der Waals surface area (Å²) in [5.74, 6) is 1.96. The van der Waals surface area contributed by atoms with E-state index in [-0.39, 0.29) is 12.1 Å². The maximum atomic E-state index is 11.8. The van der Waals surface area contributed by atoms with Crippen LogP contribution >= 0.6 is 15.9 Å². The summed E-state index contributed by atoms with van der Waals surface area (Å²) in [4.78, 5) is 24.2. The molecule has 0 aromatic carbocycles. The van der Waals surface area contributed by atoms with Crippen molar-refractivity contribution >= 4 is 39.5 Å². The van der Waals surface area contributed by atoms with Crippen LogP contribution in [0.2, 0.25) is 0 Å². The van der Waals surface area contributed by atoms with Crippen LogP contribution in [0, 0.1) is 0 Å². The molecule has 0 spiro atoms. The first-order chi connectivity index (χ1) is 13.0. The molecular weight excluding hydrogens is 406 g/mol. The highest BCUT2D eigenvalue weighted by molar-refractivity contribution is 9.10. The van der Waals surface area contributed by atoms with Crippen LogP contribution in [0.4, 0.5) is 17.3 Å². The molecule has 1 aliphatic heterocycles. The monoisotopic (exact) mass is 433 g/mol. The second-order valence-electron chi connectivity index (χ2n) is 7.24. The summed E-state index contributed by atoms with van der Waals surface area (Å²) in [6.07, 6.45) is 6.57. The van der Waals surface area contributed by atoms with E-state index in [1.54, 1.807) is 0 Å². The van der Waals surface area contributed by atoms with Gasteiger partial charge in [-0.1, -0.05) is 0 Å². The highest BCUT2D eigenvalue weighted by Gasteiger charge is 2.33. The average Bonchev–Trinajstić information content (AvgIpc) is 3.09. The normalized spacial score (nSPS) is 20.0. The largest absolute Gasteiger partial charge is 0.380 e. The minimum absolute atomic E-state index is 0.145. The number of piperidine rings is 1. The number of aldehydes is 1. The molecule has 0 radical (unpaired) electrons. The second kappa shape index (κ2) is 8.78. The van der Waals surface area contributed by atoms with E-state index >= 15 is 0 Å². The van der Waals surface area contributed by atoms with Gasteiger partial charge in [0.05, 0.1) is 11.7 Å². The molecule has 2 aromatic heterocycles. The third-order valence-electron chi connectivity index (χ3n) is 5.00. The summed E-state index contributed by atoms with van der Waals surface area (Å²) >= 11 is 3.48. The number of aromatic nitrogens is 2. The molecule has 3 rings (SSSR count). The van der Waals surface area contributed by atoms with Crippen molar-refractivity contribution in [3.8, 4) is 0 Å². The summed E-state index contributed by atoms with van der Waals surface area (Å²) in [6.45, 7) is 8.09. The Morgan fingerprint density at radius 1 is 1.52 bits per heavy atom. The molecule has 2 N–H and O–H groups in total. The van der Waals surface area contributed by atoms with Gasteiger partial charge in [0.25, 0.3) is 0 Å². The number of anilines is 3. The SMILES string of the molecule is CCN(c1ncccc1NC(C)C)C1CCN(c2cc(Br)c[nH]2)C(C=O)C1. The first-order valence-electron chi connectivity index (χ1n) is 9.57. The van der Waals surface area contributed by atoms with Gasteiger partial charge in [-0.05, 0) is 67.7 Å². The minimum Gasteiger partial charge on any atom is -0.380 e. The number of aromatic amines is 1. The fourth-order valence-corrected chi connectivity index (χ4v) is 4.17. The van der Waals surface area contributed by atoms with Crippen LogP contribution in [-0.4, -0.2) is 47.5 Å². The Labute approximate surface area is 169 Å². The molecule has 2 unspecified atom stereocenters. The lowest BCUT2D eigenvalue weighted by Crippen LogP contribution is -2.51. The third-order valence-corrected chi connectivity index (χ3v) is 5.46. The predicted octanol–water partition coefficient (Wildman–Crippen LogP) is 4.06. The quantitative estimate of drug-likeness (QED) is 0.644. The molecular formula is C20H28BrN5O. The maximum Gasteiger partial charge on any atom is 0.152 e. The average molecular weight is 434 g/mol. The minimum atomic E-state index is -0.145. The highest BCUT2D eigenvalue weighted by atomic mass is 79.9. The van der Waals surface area contributed by atoms with E-state index in [2.05, 4.69) is 67.9 Å². The van der Waals surface area contributed by atoms with Gasteiger partial charge >= 0.3 is 0 Å². The molecule has 0 saturated carbocycles. The number of nitrogens with one attached hydrogen (secondary N) is 2. The second-order valence-corrected chi connectivity index (χ2v) is 8.15. The van der Waals surface area contributed by atoms with Gasteiger partial charge in [-0.3, -0.25) is 0 Å². The zero-order valence-corrected chi connectivity index (χ0v) is 17.7. The third kappa shape index (κ3) is 4.46. The smallest absolute Gasteiger partial charge is 0.152 e. The van der Waals surface area contributed by atoms with Crippen LogP contribution in [0.1, 0.15) is 33.6 Å². The topological polar surface area (TPSA) is 64.3 Å². The Hall–Kier alpha value is -2.02. The van der Waals surface area contributed by atoms with Crippen molar-refractivity contribution in [2.75, 3.05) is 28.2 Å². The maximum absolute atomic E-state index is 11.8. The van der Waals surface area contributed by atoms with E-state index in [1.165, 1.54) is 0 Å². The van der Waals surface area contributed by atoms with Gasteiger partial charge < -0.3 is 24.9 Å². The molecule has 0 aliphatic carbocycles. The summed E-state index contributed by atoms with van der Waals surface area (Å²) in [6, 6.07) is 6.53. The van der Waals surface area contributed by atoms with Crippen molar-refractivity contribution in [1.29, 1.82) is 0 Å². The lowest BCUT2D eigenvalue weighted by Gasteiger charge is -2.42. The summed E-state index contributed by atoms with van der Waals surface area (Å²) in [5.41, 5.74) is 1.05. The Morgan fingerprint density at radius 2 is 2.33 bits per heavy atom. The fourth-order valence-electron chi connectivity index (χ4n) is 3.84. The molecule has 1 aliphatic rings. The van der Waals surface area contributed by atoms with Gasteiger partial charge in [0, 0.05) is 42.0 Å². The predicted molar refractivity (Wildman–Crippen MR) is 115 cm³/mol. The van der Waals surface area contributed by atoms with E-state index in [0.717, 1.165) is 54.0 Å².